The average molecular weight is 180 g/mol. The van der Waals surface area contributed by atoms with Crippen LogP contribution in [0, 0.1) is 23.2 Å². The van der Waals surface area contributed by atoms with Gasteiger partial charge in [-0.3, -0.25) is 4.79 Å². The Balaban J connectivity index is 3.87. The second-order valence-electron chi connectivity index (χ2n) is 4.87. The molecule has 1 heteroatoms. The van der Waals surface area contributed by atoms with Crippen LogP contribution in [0.1, 0.15) is 47.5 Å². The van der Waals surface area contributed by atoms with Crippen molar-refractivity contribution in [3.63, 3.8) is 0 Å². The molecule has 0 heterocycles. The second-order valence-corrected chi connectivity index (χ2v) is 4.87. The molecule has 0 atom stereocenters. The lowest BCUT2D eigenvalue weighted by atomic mass is 9.97. The first-order valence-corrected chi connectivity index (χ1v) is 4.83. The molecule has 0 saturated heterocycles. The number of hydrogen-bond acceptors (Lipinski definition) is 1. The molecule has 0 spiro atoms. The van der Waals surface area contributed by atoms with E-state index in [4.69, 9.17) is 0 Å². The maximum atomic E-state index is 11.2. The number of hydrogen-bond donors (Lipinski definition) is 0. The van der Waals surface area contributed by atoms with E-state index >= 15 is 0 Å². The Bertz CT molecular complexity index is 220. The first-order valence-electron chi connectivity index (χ1n) is 4.83. The van der Waals surface area contributed by atoms with Crippen LogP contribution >= 0.6 is 0 Å². The maximum Gasteiger partial charge on any atom is 0.145 e. The topological polar surface area (TPSA) is 17.1 Å². The number of carbonyl (C=O) groups excluding carboxylic acids is 1. The van der Waals surface area contributed by atoms with Crippen molar-refractivity contribution in [3.8, 4) is 11.8 Å². The fourth-order valence-electron chi connectivity index (χ4n) is 0.935. The van der Waals surface area contributed by atoms with Gasteiger partial charge in [-0.1, -0.05) is 25.7 Å². The lowest BCUT2D eigenvalue weighted by molar-refractivity contribution is -0.118. The van der Waals surface area contributed by atoms with Crippen LogP contribution in [-0.4, -0.2) is 5.78 Å². The number of ketones is 1. The summed E-state index contributed by atoms with van der Waals surface area (Å²) in [7, 11) is 0. The Morgan fingerprint density at radius 2 is 1.85 bits per heavy atom. The molecule has 13 heavy (non-hydrogen) atoms. The Kier molecular flexibility index (Phi) is 4.77. The van der Waals surface area contributed by atoms with E-state index in [1.165, 1.54) is 0 Å². The van der Waals surface area contributed by atoms with E-state index in [1.54, 1.807) is 0 Å². The maximum absolute atomic E-state index is 11.2. The third-order valence-electron chi connectivity index (χ3n) is 1.38. The molecular formula is C12H20O. The highest BCUT2D eigenvalue weighted by molar-refractivity contribution is 5.80. The van der Waals surface area contributed by atoms with Gasteiger partial charge in [0, 0.05) is 11.8 Å². The van der Waals surface area contributed by atoms with Gasteiger partial charge >= 0.3 is 0 Å². The molecule has 1 nitrogen and oxygen atoms in total. The van der Waals surface area contributed by atoms with Crippen LogP contribution in [0.25, 0.3) is 0 Å². The van der Waals surface area contributed by atoms with Crippen LogP contribution in [0.3, 0.4) is 0 Å². The van der Waals surface area contributed by atoms with Gasteiger partial charge < -0.3 is 0 Å². The molecule has 0 aliphatic rings. The number of Topliss-reactive ketones (excluding diaryl/α,β-unsaturated/α-hetero) is 1. The van der Waals surface area contributed by atoms with Crippen molar-refractivity contribution < 1.29 is 4.79 Å². The first-order chi connectivity index (χ1) is 5.81. The Hall–Kier alpha value is -0.770. The van der Waals surface area contributed by atoms with Gasteiger partial charge in [0.1, 0.15) is 5.78 Å². The second kappa shape index (κ2) is 5.07. The summed E-state index contributed by atoms with van der Waals surface area (Å²) in [5.74, 6) is 6.69. The van der Waals surface area contributed by atoms with E-state index in [1.807, 2.05) is 20.8 Å². The van der Waals surface area contributed by atoms with E-state index < -0.39 is 0 Å². The van der Waals surface area contributed by atoms with Gasteiger partial charge in [-0.15, -0.1) is 0 Å². The van der Waals surface area contributed by atoms with E-state index in [9.17, 15) is 4.79 Å². The zero-order chi connectivity index (χ0) is 10.5. The number of rotatable bonds is 3. The van der Waals surface area contributed by atoms with Crippen LogP contribution < -0.4 is 0 Å². The summed E-state index contributed by atoms with van der Waals surface area (Å²) < 4.78 is 0. The molecule has 0 rings (SSSR count). The summed E-state index contributed by atoms with van der Waals surface area (Å²) in [5, 5.41) is 0. The molecule has 74 valence electrons. The van der Waals surface area contributed by atoms with Gasteiger partial charge in [-0.25, -0.2) is 0 Å². The standard InChI is InChI=1S/C12H20O/c1-10(2)9-11(13)7-6-8-12(3,4)5/h10H,7,9H2,1-5H3. The minimum atomic E-state index is 0.0120. The van der Waals surface area contributed by atoms with Crippen molar-refractivity contribution in [1.82, 2.24) is 0 Å². The molecule has 0 aromatic carbocycles. The zero-order valence-electron chi connectivity index (χ0n) is 9.40. The van der Waals surface area contributed by atoms with Gasteiger partial charge in [0.15, 0.2) is 0 Å². The smallest absolute Gasteiger partial charge is 0.145 e. The molecule has 0 saturated carbocycles. The zero-order valence-corrected chi connectivity index (χ0v) is 9.40. The summed E-state index contributed by atoms with van der Waals surface area (Å²) in [5.41, 5.74) is 0.0120. The van der Waals surface area contributed by atoms with Gasteiger partial charge in [0.2, 0.25) is 0 Å². The molecule has 0 aromatic rings. The van der Waals surface area contributed by atoms with E-state index in [0.29, 0.717) is 18.8 Å². The van der Waals surface area contributed by atoms with Crippen molar-refractivity contribution in [3.05, 3.63) is 0 Å². The van der Waals surface area contributed by atoms with Crippen molar-refractivity contribution in [1.29, 1.82) is 0 Å². The van der Waals surface area contributed by atoms with Crippen LogP contribution in [0.15, 0.2) is 0 Å². The van der Waals surface area contributed by atoms with Crippen LogP contribution in [0.2, 0.25) is 0 Å². The van der Waals surface area contributed by atoms with Crippen LogP contribution in [0.4, 0.5) is 0 Å². The molecule has 0 aromatic heterocycles. The fraction of sp³-hybridized carbons (Fsp3) is 0.750. The Morgan fingerprint density at radius 1 is 1.31 bits per heavy atom. The highest BCUT2D eigenvalue weighted by Crippen LogP contribution is 2.10. The SMILES string of the molecule is CC(C)CC(=O)CC#CC(C)(C)C. The summed E-state index contributed by atoms with van der Waals surface area (Å²) in [6, 6.07) is 0. The van der Waals surface area contributed by atoms with Gasteiger partial charge in [0.05, 0.1) is 6.42 Å². The monoisotopic (exact) mass is 180 g/mol. The number of carbonyl (C=O) groups is 1. The normalized spacial score (nSPS) is 10.9. The van der Waals surface area contributed by atoms with E-state index in [2.05, 4.69) is 25.7 Å². The average Bonchev–Trinajstić information content (AvgIpc) is 1.81. The highest BCUT2D eigenvalue weighted by Gasteiger charge is 2.05. The molecule has 0 fully saturated rings. The largest absolute Gasteiger partial charge is 0.299 e. The van der Waals surface area contributed by atoms with Gasteiger partial charge in [0.25, 0.3) is 0 Å². The highest BCUT2D eigenvalue weighted by atomic mass is 16.1. The fourth-order valence-corrected chi connectivity index (χ4v) is 0.935. The molecular weight excluding hydrogens is 160 g/mol. The first kappa shape index (κ1) is 12.2. The lowest BCUT2D eigenvalue weighted by Gasteiger charge is -2.06. The van der Waals surface area contributed by atoms with Crippen molar-refractivity contribution >= 4 is 5.78 Å². The Morgan fingerprint density at radius 3 is 2.23 bits per heavy atom. The lowest BCUT2D eigenvalue weighted by Crippen LogP contribution is -2.03. The molecule has 0 aliphatic heterocycles. The van der Waals surface area contributed by atoms with Gasteiger partial charge in [-0.2, -0.15) is 0 Å². The van der Waals surface area contributed by atoms with Crippen molar-refractivity contribution in [2.75, 3.05) is 0 Å². The molecule has 0 amide bonds. The minimum Gasteiger partial charge on any atom is -0.299 e. The molecule has 0 N–H and O–H groups in total. The van der Waals surface area contributed by atoms with Crippen molar-refractivity contribution in [2.45, 2.75) is 47.5 Å². The van der Waals surface area contributed by atoms with Crippen LogP contribution in [-0.2, 0) is 4.79 Å². The summed E-state index contributed by atoms with van der Waals surface area (Å²) in [6.45, 7) is 10.2. The third-order valence-corrected chi connectivity index (χ3v) is 1.38. The third kappa shape index (κ3) is 9.14. The summed E-state index contributed by atoms with van der Waals surface area (Å²) >= 11 is 0. The van der Waals surface area contributed by atoms with E-state index in [0.717, 1.165) is 0 Å². The molecule has 0 aliphatic carbocycles. The molecule has 0 bridgehead atoms. The quantitative estimate of drug-likeness (QED) is 0.610. The van der Waals surface area contributed by atoms with Crippen molar-refractivity contribution in [2.24, 2.45) is 11.3 Å². The predicted octanol–water partition coefficient (Wildman–Crippen LogP) is 3.04. The van der Waals surface area contributed by atoms with Crippen LogP contribution in [0.5, 0.6) is 0 Å². The summed E-state index contributed by atoms with van der Waals surface area (Å²) in [4.78, 5) is 11.2. The predicted molar refractivity (Wildman–Crippen MR) is 56.3 cm³/mol. The minimum absolute atomic E-state index is 0.0120. The summed E-state index contributed by atoms with van der Waals surface area (Å²) in [6.07, 6.45) is 1.06. The molecule has 0 radical (unpaired) electrons. The molecule has 0 unspecified atom stereocenters. The van der Waals surface area contributed by atoms with E-state index in [-0.39, 0.29) is 11.2 Å². The Labute approximate surface area is 81.9 Å². The van der Waals surface area contributed by atoms with Gasteiger partial charge in [-0.05, 0) is 26.7 Å².